The van der Waals surface area contributed by atoms with Crippen LogP contribution in [0.15, 0.2) is 182 Å². The second-order valence-electron chi connectivity index (χ2n) is 19.6. The summed E-state index contributed by atoms with van der Waals surface area (Å²) in [6.07, 6.45) is -4.83. The van der Waals surface area contributed by atoms with Crippen LogP contribution in [-0.4, -0.2) is 9.13 Å². The van der Waals surface area contributed by atoms with Gasteiger partial charge in [-0.15, -0.1) is 0 Å². The molecule has 84 heavy (non-hydrogen) atoms. The van der Waals surface area contributed by atoms with Gasteiger partial charge in [0.15, 0.2) is 28.4 Å². The monoisotopic (exact) mass is 1080 g/mol. The van der Waals surface area contributed by atoms with E-state index in [1.54, 1.807) is 60.7 Å². The van der Waals surface area contributed by atoms with E-state index in [2.05, 4.69) is 48.5 Å². The van der Waals surface area contributed by atoms with E-state index in [1.165, 1.54) is 42.5 Å². The fourth-order valence-corrected chi connectivity index (χ4v) is 11.1. The first-order valence-electron chi connectivity index (χ1n) is 25.4. The molecule has 0 aliphatic heterocycles. The van der Waals surface area contributed by atoms with Crippen LogP contribution in [0.2, 0.25) is 0 Å². The number of nitriles is 4. The Hall–Kier alpha value is -13.0. The molecule has 2 aromatic heterocycles. The molecule has 386 valence electrons. The van der Waals surface area contributed by atoms with Gasteiger partial charge < -0.3 is 9.13 Å². The number of hydrogen-bond donors (Lipinski definition) is 0. The maximum atomic E-state index is 15.2. The van der Waals surface area contributed by atoms with Crippen molar-refractivity contribution in [3.63, 3.8) is 0 Å². The molecule has 0 N–H and O–H groups in total. The summed E-state index contributed by atoms with van der Waals surface area (Å²) >= 11 is 0. The smallest absolute Gasteiger partial charge is 0.308 e. The number of alkyl halides is 3. The largest absolute Gasteiger partial charge is 0.416 e. The highest BCUT2D eigenvalue weighted by Gasteiger charge is 2.34. The molecule has 11 nitrogen and oxygen atoms in total. The fraction of sp³-hybridized carbons (Fsp3) is 0.0143. The first kappa shape index (κ1) is 51.7. The highest BCUT2D eigenvalue weighted by Crippen LogP contribution is 2.48. The van der Waals surface area contributed by atoms with Crippen molar-refractivity contribution in [3.8, 4) is 91.3 Å². The molecule has 0 bridgehead atoms. The van der Waals surface area contributed by atoms with E-state index in [9.17, 15) is 21.0 Å². The second kappa shape index (κ2) is 20.3. The fourth-order valence-electron chi connectivity index (χ4n) is 11.1. The van der Waals surface area contributed by atoms with Crippen LogP contribution in [0.1, 0.15) is 27.8 Å². The van der Waals surface area contributed by atoms with Gasteiger partial charge in [0.25, 0.3) is 0 Å². The van der Waals surface area contributed by atoms with Crippen LogP contribution in [0.25, 0.3) is 135 Å². The predicted molar refractivity (Wildman–Crippen MR) is 317 cm³/mol. The van der Waals surface area contributed by atoms with E-state index < -0.39 is 11.7 Å². The highest BCUT2D eigenvalue weighted by molar-refractivity contribution is 6.15. The van der Waals surface area contributed by atoms with Crippen LogP contribution in [-0.2, 0) is 6.18 Å². The summed E-state index contributed by atoms with van der Waals surface area (Å²) in [7, 11) is 0. The molecule has 12 rings (SSSR count). The summed E-state index contributed by atoms with van der Waals surface area (Å²) in [6, 6.07) is 58.8. The highest BCUT2D eigenvalue weighted by atomic mass is 19.4. The molecular weight excluding hydrogens is 1050 g/mol. The number of nitrogens with zero attached hydrogens (tertiary/aromatic N) is 11. The van der Waals surface area contributed by atoms with E-state index in [1.807, 2.05) is 81.9 Å². The number of halogens is 3. The van der Waals surface area contributed by atoms with Crippen molar-refractivity contribution in [2.24, 2.45) is 0 Å². The molecule has 0 spiro atoms. The van der Waals surface area contributed by atoms with Gasteiger partial charge in [-0.05, 0) is 177 Å². The average molecular weight is 1080 g/mol. The van der Waals surface area contributed by atoms with Crippen molar-refractivity contribution in [2.45, 2.75) is 6.18 Å². The number of aromatic nitrogens is 2. The van der Waals surface area contributed by atoms with Crippen molar-refractivity contribution < 1.29 is 13.2 Å². The average Bonchev–Trinajstić information content (AvgIpc) is 1.68. The molecule has 10 aromatic carbocycles. The Balaban J connectivity index is 1.23. The summed E-state index contributed by atoms with van der Waals surface area (Å²) in [5.74, 6) is 0. The van der Waals surface area contributed by atoms with Crippen LogP contribution in [0.3, 0.4) is 0 Å². The number of hydrogen-bond acceptors (Lipinski definition) is 4. The van der Waals surface area contributed by atoms with Gasteiger partial charge in [-0.2, -0.15) is 34.2 Å². The van der Waals surface area contributed by atoms with Gasteiger partial charge in [0.05, 0.1) is 107 Å². The summed E-state index contributed by atoms with van der Waals surface area (Å²) in [6.45, 7) is 40.0. The van der Waals surface area contributed by atoms with Crippen molar-refractivity contribution >= 4 is 72.0 Å². The van der Waals surface area contributed by atoms with Gasteiger partial charge in [0.1, 0.15) is 0 Å². The molecule has 0 amide bonds. The predicted octanol–water partition coefficient (Wildman–Crippen LogP) is 19.5. The van der Waals surface area contributed by atoms with Crippen LogP contribution in [0, 0.1) is 78.2 Å². The third-order valence-electron chi connectivity index (χ3n) is 14.8. The topological polar surface area (TPSA) is 127 Å². The third kappa shape index (κ3) is 8.84. The Bertz CT molecular complexity index is 4930. The van der Waals surface area contributed by atoms with Crippen molar-refractivity contribution in [3.05, 3.63) is 267 Å². The molecule has 2 heterocycles. The molecule has 0 atom stereocenters. The standard InChI is InChI=1S/C70H30F3N11/c1-78-52-23-42(38-76)21-49(25-52)45-11-15-65-59(30-45)58-29-44(48-19-40(36-74)18-41(20-48)37-75)10-14-64(58)83(65)68-34-57(56-8-6-7-9-62(56)70(71,72)73)63(82-5)35-69(68)84-66-16-12-46(50-22-43(39-77)24-53(26-50)79-2)31-60(66)61-32-47(13-17-67(61)84)51-27-54(80-3)33-55(28-51)81-4/h6-35H. The first-order chi connectivity index (χ1) is 40.8. The van der Waals surface area contributed by atoms with E-state index in [0.29, 0.717) is 99.5 Å². The lowest BCUT2D eigenvalue weighted by Gasteiger charge is -2.21. The van der Waals surface area contributed by atoms with Gasteiger partial charge in [0.2, 0.25) is 0 Å². The zero-order chi connectivity index (χ0) is 58.6. The SMILES string of the molecule is [C-]#[N+]c1cc(C#N)cc(-c2ccc3c(c2)c2cc(-c4cc([N+]#[C-])cc([N+]#[C-])c4)ccc2n3-c2cc([N+]#[C-])c(-c3ccccc3C(F)(F)F)cc2-n2c3ccc(-c4cc(C#N)cc(C#N)c4)cc3c3cc(-c4cc(C#N)cc([N+]#[C-])c4)ccc32)c1. The van der Waals surface area contributed by atoms with E-state index in [4.69, 9.17) is 32.9 Å². The first-order valence-corrected chi connectivity index (χ1v) is 25.4. The zero-order valence-corrected chi connectivity index (χ0v) is 43.4. The molecule has 0 unspecified atom stereocenters. The van der Waals surface area contributed by atoms with E-state index >= 15 is 13.2 Å². The molecule has 0 saturated heterocycles. The summed E-state index contributed by atoms with van der Waals surface area (Å²) < 4.78 is 49.5. The van der Waals surface area contributed by atoms with Gasteiger partial charge >= 0.3 is 6.18 Å². The van der Waals surface area contributed by atoms with Crippen LogP contribution in [0.4, 0.5) is 41.6 Å². The molecule has 0 aliphatic rings. The van der Waals surface area contributed by atoms with Crippen molar-refractivity contribution in [2.75, 3.05) is 0 Å². The van der Waals surface area contributed by atoms with Gasteiger partial charge in [-0.1, -0.05) is 60.7 Å². The Labute approximate surface area is 477 Å². The minimum absolute atomic E-state index is 0.00844. The van der Waals surface area contributed by atoms with Crippen LogP contribution < -0.4 is 0 Å². The van der Waals surface area contributed by atoms with Crippen molar-refractivity contribution in [1.82, 2.24) is 9.13 Å². The molecule has 0 radical (unpaired) electrons. The second-order valence-corrected chi connectivity index (χ2v) is 19.6. The van der Waals surface area contributed by atoms with Crippen LogP contribution in [0.5, 0.6) is 0 Å². The molecular formula is C70H30F3N11. The quantitative estimate of drug-likeness (QED) is 0.147. The molecule has 0 saturated carbocycles. The Morgan fingerprint density at radius 2 is 0.679 bits per heavy atom. The summed E-state index contributed by atoms with van der Waals surface area (Å²) in [4.78, 5) is 18.4. The number of fused-ring (bicyclic) bond motifs is 6. The Morgan fingerprint density at radius 1 is 0.333 bits per heavy atom. The number of rotatable bonds is 7. The lowest BCUT2D eigenvalue weighted by atomic mass is 9.96. The summed E-state index contributed by atoms with van der Waals surface area (Å²) in [5, 5.41) is 42.6. The van der Waals surface area contributed by atoms with Gasteiger partial charge in [-0.3, -0.25) is 0 Å². The Kier molecular flexibility index (Phi) is 12.5. The minimum Gasteiger partial charge on any atom is -0.308 e. The molecule has 12 aromatic rings. The maximum Gasteiger partial charge on any atom is 0.416 e. The molecule has 0 aliphatic carbocycles. The maximum absolute atomic E-state index is 15.2. The van der Waals surface area contributed by atoms with Crippen LogP contribution >= 0.6 is 0 Å². The molecule has 14 heteroatoms. The van der Waals surface area contributed by atoms with Gasteiger partial charge in [0, 0.05) is 32.7 Å². The van der Waals surface area contributed by atoms with Crippen molar-refractivity contribution in [1.29, 1.82) is 21.0 Å². The minimum atomic E-state index is -4.83. The summed E-state index contributed by atoms with van der Waals surface area (Å²) in [5.41, 5.74) is 8.74. The lowest BCUT2D eigenvalue weighted by molar-refractivity contribution is -0.137. The normalized spacial score (nSPS) is 10.9. The molecule has 0 fully saturated rings. The van der Waals surface area contributed by atoms with E-state index in [-0.39, 0.29) is 61.8 Å². The Morgan fingerprint density at radius 3 is 1.05 bits per heavy atom. The third-order valence-corrected chi connectivity index (χ3v) is 14.8. The zero-order valence-electron chi connectivity index (χ0n) is 43.4. The number of benzene rings is 10. The lowest BCUT2D eigenvalue weighted by Crippen LogP contribution is -2.08. The van der Waals surface area contributed by atoms with E-state index in [0.717, 1.165) is 6.07 Å². The van der Waals surface area contributed by atoms with Gasteiger partial charge in [-0.25, -0.2) is 24.2 Å².